The molecule has 1 aromatic carbocycles. The molecule has 5 heteroatoms. The minimum absolute atomic E-state index is 0.00328. The normalized spacial score (nSPS) is 13.3. The Balaban J connectivity index is 2.75. The van der Waals surface area contributed by atoms with E-state index in [4.69, 9.17) is 4.74 Å². The molecule has 1 atom stereocenters. The predicted octanol–water partition coefficient (Wildman–Crippen LogP) is 1.86. The molecular weight excluding hydrogens is 252 g/mol. The predicted molar refractivity (Wildman–Crippen MR) is 71.6 cm³/mol. The van der Waals surface area contributed by atoms with Gasteiger partial charge in [0.05, 0.1) is 11.9 Å². The lowest BCUT2D eigenvalue weighted by Gasteiger charge is -2.14. The molecule has 0 aromatic heterocycles. The number of aryl methyl sites for hydroxylation is 1. The van der Waals surface area contributed by atoms with Crippen molar-refractivity contribution >= 4 is 9.84 Å². The first kappa shape index (κ1) is 15.0. The van der Waals surface area contributed by atoms with Gasteiger partial charge in [-0.25, -0.2) is 8.42 Å². The second-order valence-corrected chi connectivity index (χ2v) is 6.77. The van der Waals surface area contributed by atoms with Gasteiger partial charge in [-0.05, 0) is 25.5 Å². The van der Waals surface area contributed by atoms with E-state index in [1.54, 1.807) is 26.0 Å². The van der Waals surface area contributed by atoms with Crippen LogP contribution in [0.1, 0.15) is 31.1 Å². The summed E-state index contributed by atoms with van der Waals surface area (Å²) in [5, 5.41) is 9.60. The highest BCUT2D eigenvalue weighted by molar-refractivity contribution is 7.91. The Hall–Kier alpha value is -1.07. The van der Waals surface area contributed by atoms with Gasteiger partial charge >= 0.3 is 0 Å². The summed E-state index contributed by atoms with van der Waals surface area (Å²) in [5.74, 6) is 0.667. The lowest BCUT2D eigenvalue weighted by molar-refractivity contribution is 0.192. The van der Waals surface area contributed by atoms with Crippen molar-refractivity contribution in [1.82, 2.24) is 0 Å². The summed E-state index contributed by atoms with van der Waals surface area (Å²) in [7, 11) is -3.02. The number of hydrogen-bond donors (Lipinski definition) is 1. The van der Waals surface area contributed by atoms with E-state index < -0.39 is 15.9 Å². The Labute approximate surface area is 109 Å². The Bertz CT molecular complexity index is 492. The van der Waals surface area contributed by atoms with E-state index in [1.807, 2.05) is 13.0 Å². The minimum atomic E-state index is -3.02. The third-order valence-electron chi connectivity index (χ3n) is 2.71. The molecule has 0 saturated carbocycles. The summed E-state index contributed by atoms with van der Waals surface area (Å²) in [6, 6.07) is 5.49. The molecule has 18 heavy (non-hydrogen) atoms. The topological polar surface area (TPSA) is 63.6 Å². The van der Waals surface area contributed by atoms with Crippen molar-refractivity contribution in [2.45, 2.75) is 26.9 Å². The Morgan fingerprint density at radius 3 is 2.61 bits per heavy atom. The number of aliphatic hydroxyl groups is 1. The Kier molecular flexibility index (Phi) is 5.16. The van der Waals surface area contributed by atoms with Crippen molar-refractivity contribution in [3.05, 3.63) is 29.3 Å². The molecule has 0 fully saturated rings. The second kappa shape index (κ2) is 6.20. The Morgan fingerprint density at radius 2 is 2.06 bits per heavy atom. The number of sulfone groups is 1. The van der Waals surface area contributed by atoms with E-state index in [0.717, 1.165) is 5.56 Å². The smallest absolute Gasteiger partial charge is 0.153 e. The molecule has 1 rings (SSSR count). The average Bonchev–Trinajstić information content (AvgIpc) is 2.28. The minimum Gasteiger partial charge on any atom is -0.492 e. The fourth-order valence-corrected chi connectivity index (χ4v) is 2.16. The number of rotatable bonds is 6. The van der Waals surface area contributed by atoms with Gasteiger partial charge in [0.15, 0.2) is 9.84 Å². The summed E-state index contributed by atoms with van der Waals surface area (Å²) in [4.78, 5) is 0. The summed E-state index contributed by atoms with van der Waals surface area (Å²) >= 11 is 0. The Morgan fingerprint density at radius 1 is 1.39 bits per heavy atom. The molecule has 1 aromatic rings. The van der Waals surface area contributed by atoms with Crippen LogP contribution in [-0.4, -0.2) is 31.6 Å². The van der Waals surface area contributed by atoms with Crippen molar-refractivity contribution in [3.8, 4) is 5.75 Å². The van der Waals surface area contributed by atoms with Crippen LogP contribution in [0.3, 0.4) is 0 Å². The van der Waals surface area contributed by atoms with E-state index in [0.29, 0.717) is 11.3 Å². The largest absolute Gasteiger partial charge is 0.492 e. The maximum atomic E-state index is 11.3. The van der Waals surface area contributed by atoms with Crippen molar-refractivity contribution in [3.63, 3.8) is 0 Å². The maximum absolute atomic E-state index is 11.3. The second-order valence-electron chi connectivity index (χ2n) is 4.30. The molecule has 0 saturated heterocycles. The number of benzene rings is 1. The fourth-order valence-electron chi connectivity index (χ4n) is 1.53. The molecule has 0 unspecified atom stereocenters. The summed E-state index contributed by atoms with van der Waals surface area (Å²) in [5.41, 5.74) is 1.68. The molecule has 0 aliphatic rings. The van der Waals surface area contributed by atoms with Gasteiger partial charge in [-0.1, -0.05) is 19.1 Å². The van der Waals surface area contributed by atoms with Crippen LogP contribution in [0.25, 0.3) is 0 Å². The highest BCUT2D eigenvalue weighted by atomic mass is 32.2. The molecule has 0 heterocycles. The number of aliphatic hydroxyl groups excluding tert-OH is 1. The molecule has 0 aliphatic heterocycles. The van der Waals surface area contributed by atoms with Crippen LogP contribution in [-0.2, 0) is 9.84 Å². The van der Waals surface area contributed by atoms with E-state index >= 15 is 0 Å². The molecule has 0 amide bonds. The average molecular weight is 272 g/mol. The van der Waals surface area contributed by atoms with Gasteiger partial charge in [0.2, 0.25) is 0 Å². The lowest BCUT2D eigenvalue weighted by atomic mass is 10.1. The zero-order chi connectivity index (χ0) is 13.8. The van der Waals surface area contributed by atoms with Crippen LogP contribution < -0.4 is 4.74 Å². The van der Waals surface area contributed by atoms with Gasteiger partial charge in [-0.2, -0.15) is 0 Å². The van der Waals surface area contributed by atoms with Crippen LogP contribution in [0.5, 0.6) is 5.75 Å². The van der Waals surface area contributed by atoms with E-state index in [1.165, 1.54) is 0 Å². The van der Waals surface area contributed by atoms with E-state index in [2.05, 4.69) is 0 Å². The first-order valence-electron chi connectivity index (χ1n) is 5.97. The summed E-state index contributed by atoms with van der Waals surface area (Å²) in [6.45, 7) is 5.30. The quantitative estimate of drug-likeness (QED) is 0.858. The van der Waals surface area contributed by atoms with Crippen LogP contribution in [0.15, 0.2) is 18.2 Å². The van der Waals surface area contributed by atoms with Crippen LogP contribution in [0, 0.1) is 6.92 Å². The van der Waals surface area contributed by atoms with Crippen molar-refractivity contribution in [2.75, 3.05) is 18.1 Å². The molecule has 0 radical (unpaired) electrons. The third-order valence-corrected chi connectivity index (χ3v) is 4.38. The SMILES string of the molecule is CCS(=O)(=O)CCOc1cc(C)ccc1[C@H](C)O. The van der Waals surface area contributed by atoms with E-state index in [9.17, 15) is 13.5 Å². The van der Waals surface area contributed by atoms with Crippen molar-refractivity contribution < 1.29 is 18.3 Å². The van der Waals surface area contributed by atoms with Crippen LogP contribution in [0.4, 0.5) is 0 Å². The maximum Gasteiger partial charge on any atom is 0.153 e. The zero-order valence-electron chi connectivity index (χ0n) is 11.0. The van der Waals surface area contributed by atoms with Gasteiger partial charge in [0.1, 0.15) is 12.4 Å². The standard InChI is InChI=1S/C13H20O4S/c1-4-18(15,16)8-7-17-13-9-10(2)5-6-12(13)11(3)14/h5-6,9,11,14H,4,7-8H2,1-3H3/t11-/m0/s1. The molecule has 102 valence electrons. The van der Waals surface area contributed by atoms with Gasteiger partial charge < -0.3 is 9.84 Å². The molecule has 0 spiro atoms. The van der Waals surface area contributed by atoms with Gasteiger partial charge in [0, 0.05) is 11.3 Å². The van der Waals surface area contributed by atoms with Crippen molar-refractivity contribution in [1.29, 1.82) is 0 Å². The molecule has 1 N–H and O–H groups in total. The summed E-state index contributed by atoms with van der Waals surface area (Å²) in [6.07, 6.45) is -0.636. The third kappa shape index (κ3) is 4.31. The van der Waals surface area contributed by atoms with Crippen LogP contribution >= 0.6 is 0 Å². The van der Waals surface area contributed by atoms with Crippen LogP contribution in [0.2, 0.25) is 0 Å². The van der Waals surface area contributed by atoms with Gasteiger partial charge in [-0.15, -0.1) is 0 Å². The monoisotopic (exact) mass is 272 g/mol. The highest BCUT2D eigenvalue weighted by Crippen LogP contribution is 2.26. The number of hydrogen-bond acceptors (Lipinski definition) is 4. The molecule has 0 aliphatic carbocycles. The number of ether oxygens (including phenoxy) is 1. The first-order chi connectivity index (χ1) is 8.35. The van der Waals surface area contributed by atoms with E-state index in [-0.39, 0.29) is 18.1 Å². The highest BCUT2D eigenvalue weighted by Gasteiger charge is 2.11. The molecule has 4 nitrogen and oxygen atoms in total. The fraction of sp³-hybridized carbons (Fsp3) is 0.538. The van der Waals surface area contributed by atoms with Crippen molar-refractivity contribution in [2.24, 2.45) is 0 Å². The first-order valence-corrected chi connectivity index (χ1v) is 7.79. The molecular formula is C13H20O4S. The zero-order valence-corrected chi connectivity index (χ0v) is 11.8. The molecule has 0 bridgehead atoms. The van der Waals surface area contributed by atoms with Gasteiger partial charge in [-0.3, -0.25) is 0 Å². The lowest BCUT2D eigenvalue weighted by Crippen LogP contribution is -2.16. The van der Waals surface area contributed by atoms with Gasteiger partial charge in [0.25, 0.3) is 0 Å². The summed E-state index contributed by atoms with van der Waals surface area (Å²) < 4.78 is 28.2.